The highest BCUT2D eigenvalue weighted by Crippen LogP contribution is 2.22. The summed E-state index contributed by atoms with van der Waals surface area (Å²) in [5.74, 6) is 0.0771. The van der Waals surface area contributed by atoms with Crippen molar-refractivity contribution in [1.29, 1.82) is 0 Å². The fourth-order valence-corrected chi connectivity index (χ4v) is 3.34. The Kier molecular flexibility index (Phi) is 7.57. The smallest absolute Gasteiger partial charge is 0.224 e. The molecule has 1 heterocycles. The molecule has 1 saturated heterocycles. The Labute approximate surface area is 155 Å². The lowest BCUT2D eigenvalue weighted by atomic mass is 10.0. The van der Waals surface area contributed by atoms with E-state index in [1.165, 1.54) is 12.1 Å². The molecule has 0 saturated carbocycles. The van der Waals surface area contributed by atoms with Crippen LogP contribution >= 0.6 is 0 Å². The molecule has 6 heteroatoms. The van der Waals surface area contributed by atoms with Crippen LogP contribution in [0, 0.1) is 11.7 Å². The van der Waals surface area contributed by atoms with Crippen molar-refractivity contribution in [3.8, 4) is 0 Å². The lowest BCUT2D eigenvalue weighted by molar-refractivity contribution is -0.134. The van der Waals surface area contributed by atoms with Crippen LogP contribution in [-0.4, -0.2) is 47.3 Å². The highest BCUT2D eigenvalue weighted by atomic mass is 19.1. The summed E-state index contributed by atoms with van der Waals surface area (Å²) in [5, 5.41) is 0. The van der Waals surface area contributed by atoms with Gasteiger partial charge in [0.25, 0.3) is 0 Å². The minimum Gasteiger partial charge on any atom is -0.340 e. The first-order valence-electron chi connectivity index (χ1n) is 9.44. The van der Waals surface area contributed by atoms with Gasteiger partial charge in [0.2, 0.25) is 11.8 Å². The van der Waals surface area contributed by atoms with Crippen molar-refractivity contribution in [2.24, 2.45) is 11.7 Å². The van der Waals surface area contributed by atoms with Gasteiger partial charge in [-0.2, -0.15) is 0 Å². The summed E-state index contributed by atoms with van der Waals surface area (Å²) >= 11 is 0. The SMILES string of the molecule is CC(C)C1CN(C(=O)CCCCN)CCC(=O)N1Cc1ccc(F)cc1. The van der Waals surface area contributed by atoms with E-state index in [4.69, 9.17) is 5.73 Å². The number of benzene rings is 1. The van der Waals surface area contributed by atoms with Gasteiger partial charge in [-0.05, 0) is 43.0 Å². The molecule has 2 amide bonds. The largest absolute Gasteiger partial charge is 0.340 e. The van der Waals surface area contributed by atoms with Crippen molar-refractivity contribution in [1.82, 2.24) is 9.80 Å². The van der Waals surface area contributed by atoms with E-state index in [0.717, 1.165) is 18.4 Å². The number of nitrogens with zero attached hydrogens (tertiary/aromatic N) is 2. The molecular weight excluding hydrogens is 333 g/mol. The van der Waals surface area contributed by atoms with E-state index >= 15 is 0 Å². The molecule has 1 aliphatic heterocycles. The van der Waals surface area contributed by atoms with E-state index in [1.807, 2.05) is 9.80 Å². The molecule has 144 valence electrons. The highest BCUT2D eigenvalue weighted by molar-refractivity contribution is 5.80. The summed E-state index contributed by atoms with van der Waals surface area (Å²) in [6, 6.07) is 6.19. The predicted octanol–water partition coefficient (Wildman–Crippen LogP) is 2.54. The Balaban J connectivity index is 2.11. The van der Waals surface area contributed by atoms with Gasteiger partial charge in [0.15, 0.2) is 0 Å². The Hall–Kier alpha value is -1.95. The van der Waals surface area contributed by atoms with Crippen LogP contribution in [-0.2, 0) is 16.1 Å². The zero-order chi connectivity index (χ0) is 19.1. The van der Waals surface area contributed by atoms with E-state index in [-0.39, 0.29) is 29.6 Å². The van der Waals surface area contributed by atoms with E-state index in [0.29, 0.717) is 39.0 Å². The summed E-state index contributed by atoms with van der Waals surface area (Å²) in [4.78, 5) is 28.9. The molecule has 1 aromatic carbocycles. The molecule has 1 unspecified atom stereocenters. The molecule has 0 spiro atoms. The average molecular weight is 363 g/mol. The normalized spacial score (nSPS) is 18.3. The summed E-state index contributed by atoms with van der Waals surface area (Å²) in [5.41, 5.74) is 6.40. The number of unbranched alkanes of at least 4 members (excludes halogenated alkanes) is 1. The van der Waals surface area contributed by atoms with Gasteiger partial charge in [-0.3, -0.25) is 9.59 Å². The molecule has 0 radical (unpaired) electrons. The molecule has 0 aliphatic carbocycles. The fourth-order valence-electron chi connectivity index (χ4n) is 3.34. The minimum absolute atomic E-state index is 0.0466. The lowest BCUT2D eigenvalue weighted by Crippen LogP contribution is -2.47. The summed E-state index contributed by atoms with van der Waals surface area (Å²) < 4.78 is 13.1. The number of amides is 2. The molecular formula is C20H30FN3O2. The third-order valence-corrected chi connectivity index (χ3v) is 4.96. The van der Waals surface area contributed by atoms with Gasteiger partial charge in [0.05, 0.1) is 6.04 Å². The number of rotatable bonds is 7. The number of carbonyl (C=O) groups is 2. The number of nitrogens with two attached hydrogens (primary N) is 1. The Morgan fingerprint density at radius 1 is 1.27 bits per heavy atom. The zero-order valence-corrected chi connectivity index (χ0v) is 15.8. The summed E-state index contributed by atoms with van der Waals surface area (Å²) in [6.07, 6.45) is 2.43. The lowest BCUT2D eigenvalue weighted by Gasteiger charge is -2.34. The Morgan fingerprint density at radius 3 is 2.58 bits per heavy atom. The maximum absolute atomic E-state index is 13.1. The van der Waals surface area contributed by atoms with Gasteiger partial charge < -0.3 is 15.5 Å². The van der Waals surface area contributed by atoms with Gasteiger partial charge in [-0.15, -0.1) is 0 Å². The second-order valence-electron chi connectivity index (χ2n) is 7.30. The van der Waals surface area contributed by atoms with Crippen LogP contribution in [0.2, 0.25) is 0 Å². The molecule has 1 fully saturated rings. The van der Waals surface area contributed by atoms with Crippen LogP contribution in [0.1, 0.15) is 45.1 Å². The van der Waals surface area contributed by atoms with Crippen molar-refractivity contribution < 1.29 is 14.0 Å². The van der Waals surface area contributed by atoms with Crippen molar-refractivity contribution >= 4 is 11.8 Å². The maximum Gasteiger partial charge on any atom is 0.224 e. The summed E-state index contributed by atoms with van der Waals surface area (Å²) in [7, 11) is 0. The van der Waals surface area contributed by atoms with Gasteiger partial charge in [-0.25, -0.2) is 4.39 Å². The average Bonchev–Trinajstić information content (AvgIpc) is 2.77. The summed E-state index contributed by atoms with van der Waals surface area (Å²) in [6.45, 7) is 6.18. The topological polar surface area (TPSA) is 66.6 Å². The Morgan fingerprint density at radius 2 is 1.96 bits per heavy atom. The second-order valence-corrected chi connectivity index (χ2v) is 7.30. The standard InChI is InChI=1S/C20H30FN3O2/c1-15(2)18-14-23(19(25)5-3-4-11-22)12-10-20(26)24(18)13-16-6-8-17(21)9-7-16/h6-9,15,18H,3-5,10-14,22H2,1-2H3. The number of carbonyl (C=O) groups excluding carboxylic acids is 2. The number of hydrogen-bond acceptors (Lipinski definition) is 3. The van der Waals surface area contributed by atoms with Crippen molar-refractivity contribution in [3.05, 3.63) is 35.6 Å². The van der Waals surface area contributed by atoms with E-state index in [2.05, 4.69) is 13.8 Å². The number of halogens is 1. The first-order chi connectivity index (χ1) is 12.4. The minimum atomic E-state index is -0.286. The van der Waals surface area contributed by atoms with Crippen LogP contribution in [0.3, 0.4) is 0 Å². The molecule has 2 rings (SSSR count). The van der Waals surface area contributed by atoms with Crippen LogP contribution in [0.4, 0.5) is 4.39 Å². The van der Waals surface area contributed by atoms with E-state index in [9.17, 15) is 14.0 Å². The quantitative estimate of drug-likeness (QED) is 0.757. The van der Waals surface area contributed by atoms with E-state index < -0.39 is 0 Å². The van der Waals surface area contributed by atoms with Gasteiger partial charge in [0.1, 0.15) is 5.82 Å². The van der Waals surface area contributed by atoms with Crippen LogP contribution < -0.4 is 5.73 Å². The fraction of sp³-hybridized carbons (Fsp3) is 0.600. The first-order valence-corrected chi connectivity index (χ1v) is 9.44. The zero-order valence-electron chi connectivity index (χ0n) is 15.8. The first kappa shape index (κ1) is 20.4. The van der Waals surface area contributed by atoms with Crippen molar-refractivity contribution in [2.45, 2.75) is 52.1 Å². The molecule has 5 nitrogen and oxygen atoms in total. The second kappa shape index (κ2) is 9.67. The van der Waals surface area contributed by atoms with Crippen molar-refractivity contribution in [3.63, 3.8) is 0 Å². The van der Waals surface area contributed by atoms with Gasteiger partial charge in [0, 0.05) is 32.5 Å². The third kappa shape index (κ3) is 5.53. The van der Waals surface area contributed by atoms with Crippen LogP contribution in [0.5, 0.6) is 0 Å². The number of hydrogen-bond donors (Lipinski definition) is 1. The van der Waals surface area contributed by atoms with Gasteiger partial charge >= 0.3 is 0 Å². The molecule has 1 aliphatic rings. The third-order valence-electron chi connectivity index (χ3n) is 4.96. The molecule has 26 heavy (non-hydrogen) atoms. The molecule has 2 N–H and O–H groups in total. The molecule has 0 bridgehead atoms. The molecule has 1 aromatic rings. The van der Waals surface area contributed by atoms with E-state index in [1.54, 1.807) is 12.1 Å². The molecule has 1 atom stereocenters. The van der Waals surface area contributed by atoms with Crippen molar-refractivity contribution in [2.75, 3.05) is 19.6 Å². The maximum atomic E-state index is 13.1. The van der Waals surface area contributed by atoms with Crippen LogP contribution in [0.15, 0.2) is 24.3 Å². The predicted molar refractivity (Wildman–Crippen MR) is 99.7 cm³/mol. The van der Waals surface area contributed by atoms with Crippen LogP contribution in [0.25, 0.3) is 0 Å². The van der Waals surface area contributed by atoms with Gasteiger partial charge in [-0.1, -0.05) is 26.0 Å². The molecule has 0 aromatic heterocycles. The highest BCUT2D eigenvalue weighted by Gasteiger charge is 2.33. The monoisotopic (exact) mass is 363 g/mol. The Bertz CT molecular complexity index is 604.